The van der Waals surface area contributed by atoms with Gasteiger partial charge in [-0.2, -0.15) is 22.0 Å². The van der Waals surface area contributed by atoms with E-state index in [0.717, 1.165) is 0 Å². The maximum atomic E-state index is 12.1. The molecule has 1 nitrogen and oxygen atoms in total. The lowest BCUT2D eigenvalue weighted by atomic mass is 10.2. The van der Waals surface area contributed by atoms with Crippen LogP contribution in [-0.2, 0) is 4.79 Å². The molecule has 0 rings (SSSR count). The molecule has 0 radical (unpaired) electrons. The minimum absolute atomic E-state index is 2.82. The van der Waals surface area contributed by atoms with Crippen LogP contribution in [0, 0.1) is 0 Å². The first-order chi connectivity index (χ1) is 5.40. The number of alkyl halides is 8. The first-order valence-electron chi connectivity index (χ1n) is 2.47. The summed E-state index contributed by atoms with van der Waals surface area (Å²) in [7, 11) is 0. The van der Waals surface area contributed by atoms with Gasteiger partial charge in [-0.15, -0.1) is 0 Å². The fourth-order valence-electron chi connectivity index (χ4n) is 0.307. The summed E-state index contributed by atoms with van der Waals surface area (Å²) in [6.07, 6.45) is -6.06. The van der Waals surface area contributed by atoms with Crippen molar-refractivity contribution in [1.82, 2.24) is 0 Å². The fraction of sp³-hybridized carbons (Fsp3) is 0.750. The predicted molar refractivity (Wildman–Crippen MR) is 36.3 cm³/mol. The molecular weight excluding hydrogens is 265 g/mol. The van der Waals surface area contributed by atoms with Crippen LogP contribution in [0.25, 0.3) is 0 Å². The van der Waals surface area contributed by atoms with E-state index in [-0.39, 0.29) is 0 Å². The summed E-state index contributed by atoms with van der Waals surface area (Å²) >= 11 is 13.7. The molecule has 0 aromatic heterocycles. The van der Waals surface area contributed by atoms with Gasteiger partial charge in [0.1, 0.15) is 0 Å². The number of carbonyl (C=O) groups excluding carboxylic acids is 1. The number of Topliss-reactive ketones (excluding diaryl/α,β-unsaturated/α-hetero) is 1. The summed E-state index contributed by atoms with van der Waals surface area (Å²) in [6, 6.07) is 0. The van der Waals surface area contributed by atoms with E-state index in [9.17, 15) is 26.7 Å². The van der Waals surface area contributed by atoms with Crippen LogP contribution >= 0.6 is 34.8 Å². The molecule has 0 N–H and O–H groups in total. The van der Waals surface area contributed by atoms with E-state index in [2.05, 4.69) is 34.8 Å². The third-order valence-corrected chi connectivity index (χ3v) is 1.41. The van der Waals surface area contributed by atoms with Crippen LogP contribution in [-0.4, -0.2) is 21.7 Å². The van der Waals surface area contributed by atoms with Gasteiger partial charge in [-0.05, 0) is 0 Å². The SMILES string of the molecule is O=C(C(Cl)(Cl)Cl)C(F)(F)C(F)(F)F. The molecule has 0 heterocycles. The molecule has 0 bridgehead atoms. The number of rotatable bonds is 1. The molecule has 0 saturated carbocycles. The summed E-state index contributed by atoms with van der Waals surface area (Å²) in [5.74, 6) is -8.48. The fourth-order valence-corrected chi connectivity index (χ4v) is 0.663. The first kappa shape index (κ1) is 13.2. The van der Waals surface area contributed by atoms with E-state index in [0.29, 0.717) is 0 Å². The third-order valence-electron chi connectivity index (χ3n) is 0.899. The van der Waals surface area contributed by atoms with Crippen LogP contribution in [0.3, 0.4) is 0 Å². The van der Waals surface area contributed by atoms with E-state index in [1.165, 1.54) is 0 Å². The molecule has 0 spiro atoms. The molecule has 78 valence electrons. The van der Waals surface area contributed by atoms with Crippen LogP contribution in [0.1, 0.15) is 0 Å². The van der Waals surface area contributed by atoms with Crippen LogP contribution in [0.4, 0.5) is 22.0 Å². The minimum Gasteiger partial charge on any atom is -0.288 e. The van der Waals surface area contributed by atoms with Crippen molar-refractivity contribution in [3.05, 3.63) is 0 Å². The highest BCUT2D eigenvalue weighted by molar-refractivity contribution is 6.76. The minimum atomic E-state index is -6.06. The van der Waals surface area contributed by atoms with Crippen LogP contribution in [0.2, 0.25) is 0 Å². The van der Waals surface area contributed by atoms with Crippen molar-refractivity contribution in [2.45, 2.75) is 15.9 Å². The van der Waals surface area contributed by atoms with Gasteiger partial charge in [-0.3, -0.25) is 4.79 Å². The Labute approximate surface area is 83.7 Å². The molecule has 0 aromatic carbocycles. The average molecular weight is 265 g/mol. The Bertz CT molecular complexity index is 217. The molecule has 0 amide bonds. The molecule has 0 aliphatic heterocycles. The molecule has 13 heavy (non-hydrogen) atoms. The molecule has 9 heteroatoms. The van der Waals surface area contributed by atoms with Gasteiger partial charge >= 0.3 is 12.1 Å². The zero-order valence-corrected chi connectivity index (χ0v) is 7.70. The Morgan fingerprint density at radius 1 is 0.923 bits per heavy atom. The van der Waals surface area contributed by atoms with Crippen molar-refractivity contribution < 1.29 is 26.7 Å². The Hall–Kier alpha value is 0.190. The number of ketones is 1. The van der Waals surface area contributed by atoms with Gasteiger partial charge < -0.3 is 0 Å². The molecule has 0 unspecified atom stereocenters. The third kappa shape index (κ3) is 2.82. The largest absolute Gasteiger partial charge is 0.461 e. The van der Waals surface area contributed by atoms with Crippen LogP contribution < -0.4 is 0 Å². The molecule has 0 aliphatic rings. The number of hydrogen-bond acceptors (Lipinski definition) is 1. The van der Waals surface area contributed by atoms with Crippen LogP contribution in [0.15, 0.2) is 0 Å². The van der Waals surface area contributed by atoms with E-state index in [4.69, 9.17) is 0 Å². The van der Waals surface area contributed by atoms with E-state index >= 15 is 0 Å². The standard InChI is InChI=1S/C4Cl3F5O/c5-3(6,7)1(13)2(8,9)4(10,11)12. The molecule has 0 atom stereocenters. The molecule has 0 aromatic rings. The highest BCUT2D eigenvalue weighted by Gasteiger charge is 2.67. The van der Waals surface area contributed by atoms with Crippen molar-refractivity contribution in [2.24, 2.45) is 0 Å². The van der Waals surface area contributed by atoms with Gasteiger partial charge in [-0.25, -0.2) is 0 Å². The van der Waals surface area contributed by atoms with E-state index in [1.54, 1.807) is 0 Å². The number of halogens is 8. The lowest BCUT2D eigenvalue weighted by molar-refractivity contribution is -0.268. The first-order valence-corrected chi connectivity index (χ1v) is 3.60. The maximum absolute atomic E-state index is 12.1. The second kappa shape index (κ2) is 3.40. The molecule has 0 fully saturated rings. The second-order valence-corrected chi connectivity index (χ2v) is 4.18. The highest BCUT2D eigenvalue weighted by Crippen LogP contribution is 2.43. The van der Waals surface area contributed by atoms with Crippen molar-refractivity contribution in [3.8, 4) is 0 Å². The Balaban J connectivity index is 4.98. The zero-order valence-electron chi connectivity index (χ0n) is 5.43. The number of carbonyl (C=O) groups is 1. The maximum Gasteiger partial charge on any atom is 0.461 e. The van der Waals surface area contributed by atoms with Gasteiger partial charge in [-0.1, -0.05) is 34.8 Å². The van der Waals surface area contributed by atoms with Gasteiger partial charge in [0.15, 0.2) is 0 Å². The van der Waals surface area contributed by atoms with Gasteiger partial charge in [0.05, 0.1) is 0 Å². The summed E-state index contributed by atoms with van der Waals surface area (Å²) in [4.78, 5) is 10.3. The summed E-state index contributed by atoms with van der Waals surface area (Å²) in [5.41, 5.74) is 0. The Morgan fingerprint density at radius 3 is 1.31 bits per heavy atom. The van der Waals surface area contributed by atoms with Gasteiger partial charge in [0, 0.05) is 0 Å². The second-order valence-electron chi connectivity index (χ2n) is 1.90. The zero-order chi connectivity index (χ0) is 11.1. The summed E-state index contributed by atoms with van der Waals surface area (Å²) < 4.78 is 55.3. The Kier molecular flexibility index (Phi) is 3.45. The van der Waals surface area contributed by atoms with Gasteiger partial charge in [0.25, 0.3) is 9.58 Å². The topological polar surface area (TPSA) is 17.1 Å². The lowest BCUT2D eigenvalue weighted by Crippen LogP contribution is -2.49. The van der Waals surface area contributed by atoms with E-state index < -0.39 is 21.7 Å². The summed E-state index contributed by atoms with van der Waals surface area (Å²) in [6.45, 7) is 0. The normalized spacial score (nSPS) is 14.5. The number of hydrogen-bond donors (Lipinski definition) is 0. The van der Waals surface area contributed by atoms with Crippen molar-refractivity contribution >= 4 is 40.6 Å². The van der Waals surface area contributed by atoms with Crippen LogP contribution in [0.5, 0.6) is 0 Å². The van der Waals surface area contributed by atoms with Crippen molar-refractivity contribution in [3.63, 3.8) is 0 Å². The quantitative estimate of drug-likeness (QED) is 0.526. The molecular formula is C4Cl3F5O. The highest BCUT2D eigenvalue weighted by atomic mass is 35.6. The van der Waals surface area contributed by atoms with E-state index in [1.807, 2.05) is 0 Å². The monoisotopic (exact) mass is 264 g/mol. The lowest BCUT2D eigenvalue weighted by Gasteiger charge is -2.21. The van der Waals surface area contributed by atoms with Crippen molar-refractivity contribution in [2.75, 3.05) is 0 Å². The van der Waals surface area contributed by atoms with Gasteiger partial charge in [0.2, 0.25) is 0 Å². The Morgan fingerprint density at radius 2 is 1.23 bits per heavy atom. The molecule has 0 aliphatic carbocycles. The summed E-state index contributed by atoms with van der Waals surface area (Å²) in [5, 5.41) is 0. The van der Waals surface area contributed by atoms with Crippen molar-refractivity contribution in [1.29, 1.82) is 0 Å². The predicted octanol–water partition coefficient (Wildman–Crippen LogP) is 3.12. The smallest absolute Gasteiger partial charge is 0.288 e. The average Bonchev–Trinajstić information content (AvgIpc) is 1.81. The molecule has 0 saturated heterocycles.